The molecule has 0 unspecified atom stereocenters. The van der Waals surface area contributed by atoms with E-state index < -0.39 is 0 Å². The minimum absolute atomic E-state index is 0.252. The van der Waals surface area contributed by atoms with E-state index in [1.165, 1.54) is 0 Å². The Balaban J connectivity index is 1.57. The van der Waals surface area contributed by atoms with E-state index in [0.29, 0.717) is 5.95 Å². The molecule has 28 heavy (non-hydrogen) atoms. The van der Waals surface area contributed by atoms with E-state index in [4.69, 9.17) is 19.2 Å². The van der Waals surface area contributed by atoms with Crippen LogP contribution in [0.25, 0.3) is 21.7 Å². The molecule has 0 bridgehead atoms. The minimum atomic E-state index is 0.252. The third-order valence-electron chi connectivity index (χ3n) is 4.28. The molecule has 2 aromatic heterocycles. The largest absolute Gasteiger partial charge is 0.454 e. The quantitative estimate of drug-likeness (QED) is 0.549. The van der Waals surface area contributed by atoms with Crippen LogP contribution in [-0.2, 0) is 4.74 Å². The molecule has 1 aliphatic heterocycles. The van der Waals surface area contributed by atoms with Gasteiger partial charge in [0.25, 0.3) is 0 Å². The number of nitrogens with zero attached hydrogens (tertiary/aromatic N) is 2. The number of nitrogens with one attached hydrogen (secondary N) is 1. The summed E-state index contributed by atoms with van der Waals surface area (Å²) in [6, 6.07) is 10.0. The molecule has 1 N–H and O–H groups in total. The summed E-state index contributed by atoms with van der Waals surface area (Å²) in [5.74, 6) is 2.14. The molecular weight excluding hydrogens is 374 g/mol. The molecule has 3 heterocycles. The van der Waals surface area contributed by atoms with Crippen molar-refractivity contribution in [2.75, 3.05) is 25.3 Å². The second kappa shape index (κ2) is 8.58. The number of aromatic nitrogens is 2. The van der Waals surface area contributed by atoms with E-state index in [0.717, 1.165) is 52.8 Å². The maximum Gasteiger partial charge on any atom is 0.231 e. The average Bonchev–Trinajstić information content (AvgIpc) is 3.38. The van der Waals surface area contributed by atoms with Gasteiger partial charge in [-0.05, 0) is 49.4 Å². The lowest BCUT2D eigenvalue weighted by Gasteiger charge is -2.12. The van der Waals surface area contributed by atoms with Gasteiger partial charge in [0.05, 0.1) is 16.7 Å². The van der Waals surface area contributed by atoms with E-state index in [1.54, 1.807) is 11.3 Å². The molecule has 1 aromatic carbocycles. The zero-order chi connectivity index (χ0) is 19.3. The van der Waals surface area contributed by atoms with E-state index in [1.807, 2.05) is 44.3 Å². The molecule has 0 fully saturated rings. The van der Waals surface area contributed by atoms with Crippen molar-refractivity contribution >= 4 is 17.3 Å². The Morgan fingerprint density at radius 2 is 2.11 bits per heavy atom. The average molecular weight is 398 g/mol. The molecule has 146 valence electrons. The Labute approximate surface area is 168 Å². The molecule has 0 atom stereocenters. The van der Waals surface area contributed by atoms with Gasteiger partial charge in [-0.1, -0.05) is 12.1 Å². The minimum Gasteiger partial charge on any atom is -0.454 e. The van der Waals surface area contributed by atoms with Crippen LogP contribution in [0.15, 0.2) is 41.9 Å². The maximum atomic E-state index is 5.57. The van der Waals surface area contributed by atoms with Crippen LogP contribution < -0.4 is 14.8 Å². The molecule has 0 saturated carbocycles. The Morgan fingerprint density at radius 1 is 1.21 bits per heavy atom. The molecule has 0 aliphatic carbocycles. The first kappa shape index (κ1) is 18.7. The summed E-state index contributed by atoms with van der Waals surface area (Å²) in [5.41, 5.74) is 2.88. The number of hydrogen-bond acceptors (Lipinski definition) is 7. The van der Waals surface area contributed by atoms with Gasteiger partial charge in [0, 0.05) is 24.9 Å². The molecule has 0 amide bonds. The number of ether oxygens (including phenoxy) is 3. The summed E-state index contributed by atoms with van der Waals surface area (Å²) in [6.07, 6.45) is 3.02. The molecule has 6 nitrogen and oxygen atoms in total. The first-order valence-corrected chi connectivity index (χ1v) is 10.2. The number of hydrogen-bond donors (Lipinski definition) is 1. The molecule has 7 heteroatoms. The summed E-state index contributed by atoms with van der Waals surface area (Å²) in [7, 11) is 0. The van der Waals surface area contributed by atoms with E-state index >= 15 is 0 Å². The Morgan fingerprint density at radius 3 is 2.93 bits per heavy atom. The molecule has 3 aromatic rings. The van der Waals surface area contributed by atoms with Crippen LogP contribution in [0.2, 0.25) is 0 Å². The lowest BCUT2D eigenvalue weighted by Crippen LogP contribution is -2.11. The standard InChI is InChI=1S/C21H23N3O3S/c1-14(2)25-9-4-8-22-21-23-12-16(20(24-21)19-5-3-10-28-19)15-6-7-17-18(11-15)27-13-26-17/h3,5-7,10-12,14H,4,8-9,13H2,1-2H3,(H,22,23,24). The number of benzene rings is 1. The van der Waals surface area contributed by atoms with Crippen LogP contribution in [0.3, 0.4) is 0 Å². The number of thiophene rings is 1. The summed E-state index contributed by atoms with van der Waals surface area (Å²) < 4.78 is 16.5. The van der Waals surface area contributed by atoms with Crippen molar-refractivity contribution in [2.45, 2.75) is 26.4 Å². The number of fused-ring (bicyclic) bond motifs is 1. The second-order valence-corrected chi connectivity index (χ2v) is 7.65. The van der Waals surface area contributed by atoms with Crippen LogP contribution >= 0.6 is 11.3 Å². The van der Waals surface area contributed by atoms with E-state index in [2.05, 4.69) is 21.7 Å². The zero-order valence-electron chi connectivity index (χ0n) is 16.0. The smallest absolute Gasteiger partial charge is 0.231 e. The topological polar surface area (TPSA) is 65.5 Å². The van der Waals surface area contributed by atoms with Gasteiger partial charge in [-0.3, -0.25) is 0 Å². The highest BCUT2D eigenvalue weighted by atomic mass is 32.1. The SMILES string of the molecule is CC(C)OCCCNc1ncc(-c2ccc3c(c2)OCO3)c(-c2cccs2)n1. The lowest BCUT2D eigenvalue weighted by molar-refractivity contribution is 0.0787. The maximum absolute atomic E-state index is 5.57. The zero-order valence-corrected chi connectivity index (χ0v) is 16.8. The van der Waals surface area contributed by atoms with Crippen LogP contribution in [0.5, 0.6) is 11.5 Å². The van der Waals surface area contributed by atoms with Crippen LogP contribution in [-0.4, -0.2) is 36.0 Å². The van der Waals surface area contributed by atoms with E-state index in [-0.39, 0.29) is 12.9 Å². The predicted molar refractivity (Wildman–Crippen MR) is 111 cm³/mol. The molecule has 1 aliphatic rings. The van der Waals surface area contributed by atoms with Gasteiger partial charge >= 0.3 is 0 Å². The van der Waals surface area contributed by atoms with Crippen molar-refractivity contribution in [3.05, 3.63) is 41.9 Å². The second-order valence-electron chi connectivity index (χ2n) is 6.70. The van der Waals surface area contributed by atoms with Gasteiger partial charge in [0.15, 0.2) is 11.5 Å². The summed E-state index contributed by atoms with van der Waals surface area (Å²) in [6.45, 7) is 5.82. The van der Waals surface area contributed by atoms with Gasteiger partial charge in [0.2, 0.25) is 12.7 Å². The normalized spacial score (nSPS) is 12.5. The highest BCUT2D eigenvalue weighted by Gasteiger charge is 2.17. The fraction of sp³-hybridized carbons (Fsp3) is 0.333. The molecular formula is C21H23N3O3S. The first-order valence-electron chi connectivity index (χ1n) is 9.37. The van der Waals surface area contributed by atoms with Crippen molar-refractivity contribution in [3.8, 4) is 33.2 Å². The Kier molecular flexibility index (Phi) is 5.73. The summed E-state index contributed by atoms with van der Waals surface area (Å²) in [4.78, 5) is 10.4. The molecule has 0 saturated heterocycles. The van der Waals surface area contributed by atoms with Gasteiger partial charge in [-0.25, -0.2) is 9.97 Å². The number of anilines is 1. The van der Waals surface area contributed by atoms with Gasteiger partial charge in [-0.15, -0.1) is 11.3 Å². The van der Waals surface area contributed by atoms with Crippen molar-refractivity contribution in [2.24, 2.45) is 0 Å². The van der Waals surface area contributed by atoms with Gasteiger partial charge in [-0.2, -0.15) is 0 Å². The fourth-order valence-corrected chi connectivity index (χ4v) is 3.66. The Hall–Kier alpha value is -2.64. The summed E-state index contributed by atoms with van der Waals surface area (Å²) in [5, 5.41) is 5.35. The third-order valence-corrected chi connectivity index (χ3v) is 5.16. The third kappa shape index (κ3) is 4.26. The van der Waals surface area contributed by atoms with Crippen LogP contribution in [0, 0.1) is 0 Å². The molecule has 4 rings (SSSR count). The Bertz CT molecular complexity index is 929. The predicted octanol–water partition coefficient (Wildman–Crippen LogP) is 4.83. The van der Waals surface area contributed by atoms with Gasteiger partial charge < -0.3 is 19.5 Å². The van der Waals surface area contributed by atoms with Crippen molar-refractivity contribution < 1.29 is 14.2 Å². The van der Waals surface area contributed by atoms with Crippen molar-refractivity contribution in [3.63, 3.8) is 0 Å². The lowest BCUT2D eigenvalue weighted by atomic mass is 10.0. The van der Waals surface area contributed by atoms with Crippen LogP contribution in [0.4, 0.5) is 5.95 Å². The highest BCUT2D eigenvalue weighted by molar-refractivity contribution is 7.13. The monoisotopic (exact) mass is 397 g/mol. The first-order chi connectivity index (χ1) is 13.7. The van der Waals surface area contributed by atoms with Crippen molar-refractivity contribution in [1.29, 1.82) is 0 Å². The molecule has 0 spiro atoms. The molecule has 0 radical (unpaired) electrons. The summed E-state index contributed by atoms with van der Waals surface area (Å²) >= 11 is 1.66. The van der Waals surface area contributed by atoms with E-state index in [9.17, 15) is 0 Å². The van der Waals surface area contributed by atoms with Crippen molar-refractivity contribution in [1.82, 2.24) is 9.97 Å². The highest BCUT2D eigenvalue weighted by Crippen LogP contribution is 2.39. The number of rotatable bonds is 8. The van der Waals surface area contributed by atoms with Crippen LogP contribution in [0.1, 0.15) is 20.3 Å². The van der Waals surface area contributed by atoms with Gasteiger partial charge in [0.1, 0.15) is 0 Å². The fourth-order valence-electron chi connectivity index (χ4n) is 2.93.